The highest BCUT2D eigenvalue weighted by molar-refractivity contribution is 5.92. The van der Waals surface area contributed by atoms with Crippen LogP contribution in [-0.4, -0.2) is 26.1 Å². The molecule has 100 valence electrons. The number of nitrogens with zero attached hydrogens (tertiary/aromatic N) is 3. The molecule has 0 aliphatic heterocycles. The minimum Gasteiger partial charge on any atom is -0.478 e. The molecule has 19 heavy (non-hydrogen) atoms. The maximum atomic E-state index is 11.0. The van der Waals surface area contributed by atoms with Crippen LogP contribution in [0.3, 0.4) is 0 Å². The van der Waals surface area contributed by atoms with Gasteiger partial charge in [0.15, 0.2) is 0 Å². The molecule has 0 saturated heterocycles. The summed E-state index contributed by atoms with van der Waals surface area (Å²) in [4.78, 5) is 11.0. The Morgan fingerprint density at radius 3 is 2.84 bits per heavy atom. The van der Waals surface area contributed by atoms with E-state index in [9.17, 15) is 4.79 Å². The van der Waals surface area contributed by atoms with Gasteiger partial charge in [0, 0.05) is 6.54 Å². The van der Waals surface area contributed by atoms with Crippen LogP contribution in [-0.2, 0) is 6.54 Å². The molecule has 0 radical (unpaired) electrons. The fourth-order valence-corrected chi connectivity index (χ4v) is 2.83. The summed E-state index contributed by atoms with van der Waals surface area (Å²) in [6, 6.07) is 4.96. The summed E-state index contributed by atoms with van der Waals surface area (Å²) in [6.45, 7) is 3.05. The topological polar surface area (TPSA) is 68.0 Å². The zero-order valence-electron chi connectivity index (χ0n) is 11.0. The molecule has 1 aromatic carbocycles. The Morgan fingerprint density at radius 2 is 2.26 bits per heavy atom. The number of aromatic carboxylic acids is 1. The molecule has 0 amide bonds. The summed E-state index contributed by atoms with van der Waals surface area (Å²) in [5, 5.41) is 17.4. The van der Waals surface area contributed by atoms with Crippen LogP contribution in [0.25, 0.3) is 11.0 Å². The fourth-order valence-electron chi connectivity index (χ4n) is 2.83. The lowest BCUT2D eigenvalue weighted by Gasteiger charge is -2.41. The van der Waals surface area contributed by atoms with Gasteiger partial charge in [-0.25, -0.2) is 9.48 Å². The number of benzene rings is 1. The second-order valence-corrected chi connectivity index (χ2v) is 5.46. The smallest absolute Gasteiger partial charge is 0.335 e. The Morgan fingerprint density at radius 1 is 1.47 bits per heavy atom. The van der Waals surface area contributed by atoms with E-state index in [0.717, 1.165) is 24.0 Å². The molecule has 1 heterocycles. The van der Waals surface area contributed by atoms with Crippen molar-refractivity contribution in [2.75, 3.05) is 0 Å². The monoisotopic (exact) mass is 259 g/mol. The van der Waals surface area contributed by atoms with Gasteiger partial charge in [-0.1, -0.05) is 18.6 Å². The van der Waals surface area contributed by atoms with Gasteiger partial charge in [-0.05, 0) is 42.9 Å². The molecule has 2 aromatic rings. The van der Waals surface area contributed by atoms with Crippen LogP contribution in [0.1, 0.15) is 43.0 Å². The third-order valence-electron chi connectivity index (χ3n) is 4.41. The highest BCUT2D eigenvalue weighted by Gasteiger charge is 2.36. The van der Waals surface area contributed by atoms with E-state index in [1.165, 1.54) is 19.3 Å². The van der Waals surface area contributed by atoms with Gasteiger partial charge in [-0.3, -0.25) is 0 Å². The third kappa shape index (κ3) is 1.99. The molecule has 1 N–H and O–H groups in total. The van der Waals surface area contributed by atoms with Gasteiger partial charge in [0.2, 0.25) is 0 Å². The molecule has 1 aliphatic carbocycles. The lowest BCUT2D eigenvalue weighted by molar-refractivity contribution is 0.0697. The number of hydrogen-bond donors (Lipinski definition) is 1. The summed E-state index contributed by atoms with van der Waals surface area (Å²) in [5.41, 5.74) is 2.20. The molecule has 0 spiro atoms. The van der Waals surface area contributed by atoms with Gasteiger partial charge in [-0.2, -0.15) is 0 Å². The molecule has 1 saturated carbocycles. The first-order valence-electron chi connectivity index (χ1n) is 6.70. The van der Waals surface area contributed by atoms with Crippen LogP contribution < -0.4 is 0 Å². The summed E-state index contributed by atoms with van der Waals surface area (Å²) < 4.78 is 1.87. The molecule has 0 unspecified atom stereocenters. The molecule has 3 rings (SSSR count). The van der Waals surface area contributed by atoms with Crippen molar-refractivity contribution in [2.45, 2.75) is 39.2 Å². The molecule has 0 bridgehead atoms. The first kappa shape index (κ1) is 12.1. The number of rotatable bonds is 4. The minimum absolute atomic E-state index is 0.287. The van der Waals surface area contributed by atoms with Crippen LogP contribution in [0.4, 0.5) is 0 Å². The zero-order chi connectivity index (χ0) is 13.5. The summed E-state index contributed by atoms with van der Waals surface area (Å²) in [5.74, 6) is -0.913. The predicted molar refractivity (Wildman–Crippen MR) is 71.1 cm³/mol. The lowest BCUT2D eigenvalue weighted by atomic mass is 9.67. The SMILES string of the molecule is CCC1(Cn2nnc3ccc(C(=O)O)cc32)CCC1. The number of aromatic nitrogens is 3. The third-order valence-corrected chi connectivity index (χ3v) is 4.41. The molecule has 5 heteroatoms. The number of hydrogen-bond acceptors (Lipinski definition) is 3. The lowest BCUT2D eigenvalue weighted by Crippen LogP contribution is -2.33. The Labute approximate surface area is 111 Å². The highest BCUT2D eigenvalue weighted by atomic mass is 16.4. The summed E-state index contributed by atoms with van der Waals surface area (Å²) in [6.07, 6.45) is 4.86. The normalized spacial score (nSPS) is 17.3. The van der Waals surface area contributed by atoms with Gasteiger partial charge in [0.05, 0.1) is 11.1 Å². The summed E-state index contributed by atoms with van der Waals surface area (Å²) >= 11 is 0. The van der Waals surface area contributed by atoms with Gasteiger partial charge in [0.25, 0.3) is 0 Å². The van der Waals surface area contributed by atoms with Crippen LogP contribution in [0.2, 0.25) is 0 Å². The largest absolute Gasteiger partial charge is 0.478 e. The second kappa shape index (κ2) is 4.33. The number of carbonyl (C=O) groups is 1. The van der Waals surface area contributed by atoms with E-state index in [-0.39, 0.29) is 5.56 Å². The van der Waals surface area contributed by atoms with E-state index < -0.39 is 5.97 Å². The van der Waals surface area contributed by atoms with Crippen LogP contribution in [0.15, 0.2) is 18.2 Å². The highest BCUT2D eigenvalue weighted by Crippen LogP contribution is 2.45. The van der Waals surface area contributed by atoms with E-state index in [2.05, 4.69) is 17.2 Å². The van der Waals surface area contributed by atoms with Crippen molar-refractivity contribution in [1.29, 1.82) is 0 Å². The maximum absolute atomic E-state index is 11.0. The van der Waals surface area contributed by atoms with Crippen molar-refractivity contribution in [3.05, 3.63) is 23.8 Å². The number of fused-ring (bicyclic) bond motifs is 1. The van der Waals surface area contributed by atoms with Crippen LogP contribution in [0, 0.1) is 5.41 Å². The van der Waals surface area contributed by atoms with E-state index in [1.54, 1.807) is 18.2 Å². The van der Waals surface area contributed by atoms with E-state index in [0.29, 0.717) is 5.41 Å². The Kier molecular flexibility index (Phi) is 2.77. The van der Waals surface area contributed by atoms with Crippen molar-refractivity contribution in [3.63, 3.8) is 0 Å². The average Bonchev–Trinajstić information content (AvgIpc) is 2.76. The van der Waals surface area contributed by atoms with E-state index >= 15 is 0 Å². The first-order chi connectivity index (χ1) is 9.13. The van der Waals surface area contributed by atoms with Crippen molar-refractivity contribution in [1.82, 2.24) is 15.0 Å². The second-order valence-electron chi connectivity index (χ2n) is 5.46. The summed E-state index contributed by atoms with van der Waals surface area (Å²) in [7, 11) is 0. The molecule has 1 aliphatic rings. The van der Waals surface area contributed by atoms with E-state index in [4.69, 9.17) is 5.11 Å². The molecular weight excluding hydrogens is 242 g/mol. The maximum Gasteiger partial charge on any atom is 0.335 e. The molecule has 0 atom stereocenters. The fraction of sp³-hybridized carbons (Fsp3) is 0.500. The van der Waals surface area contributed by atoms with E-state index in [1.807, 2.05) is 4.68 Å². The van der Waals surface area contributed by atoms with Crippen molar-refractivity contribution >= 4 is 17.0 Å². The Bertz CT molecular complexity index is 623. The predicted octanol–water partition coefficient (Wildman–Crippen LogP) is 2.71. The minimum atomic E-state index is -0.913. The van der Waals surface area contributed by atoms with Gasteiger partial charge >= 0.3 is 5.97 Å². The quantitative estimate of drug-likeness (QED) is 0.916. The van der Waals surface area contributed by atoms with Gasteiger partial charge in [0.1, 0.15) is 5.52 Å². The number of carboxylic acids is 1. The Hall–Kier alpha value is -1.91. The number of carboxylic acid groups (broad SMARTS) is 1. The Balaban J connectivity index is 1.99. The van der Waals surface area contributed by atoms with Crippen molar-refractivity contribution in [3.8, 4) is 0 Å². The standard InChI is InChI=1S/C14H17N3O2/c1-2-14(6-3-7-14)9-17-12-8-10(13(18)19)4-5-11(12)15-16-17/h4-5,8H,2-3,6-7,9H2,1H3,(H,18,19). The molecule has 1 fully saturated rings. The molecule has 5 nitrogen and oxygen atoms in total. The average molecular weight is 259 g/mol. The zero-order valence-corrected chi connectivity index (χ0v) is 11.0. The van der Waals surface area contributed by atoms with Crippen molar-refractivity contribution < 1.29 is 9.90 Å². The first-order valence-corrected chi connectivity index (χ1v) is 6.70. The van der Waals surface area contributed by atoms with Crippen LogP contribution >= 0.6 is 0 Å². The molecular formula is C14H17N3O2. The molecule has 1 aromatic heterocycles. The van der Waals surface area contributed by atoms with Crippen LogP contribution in [0.5, 0.6) is 0 Å². The van der Waals surface area contributed by atoms with Gasteiger partial charge < -0.3 is 5.11 Å². The van der Waals surface area contributed by atoms with Gasteiger partial charge in [-0.15, -0.1) is 5.10 Å². The van der Waals surface area contributed by atoms with Crippen molar-refractivity contribution in [2.24, 2.45) is 5.41 Å².